The summed E-state index contributed by atoms with van der Waals surface area (Å²) in [5, 5.41) is 2.51. The summed E-state index contributed by atoms with van der Waals surface area (Å²) in [6.07, 6.45) is 0. The molecule has 70 valence electrons. The summed E-state index contributed by atoms with van der Waals surface area (Å²) in [5.41, 5.74) is 0.0992. The first-order valence-corrected chi connectivity index (χ1v) is 5.25. The van der Waals surface area contributed by atoms with E-state index in [0.717, 1.165) is 0 Å². The second kappa shape index (κ2) is 4.53. The predicted octanol–water partition coefficient (Wildman–Crippen LogP) is 3.49. The number of hydrogen-bond acceptors (Lipinski definition) is 1. The minimum atomic E-state index is -0.515. The van der Waals surface area contributed by atoms with Gasteiger partial charge >= 0.3 is 0 Å². The van der Waals surface area contributed by atoms with Crippen molar-refractivity contribution >= 4 is 54.8 Å². The number of anilines is 1. The van der Waals surface area contributed by atoms with Crippen LogP contribution in [-0.4, -0.2) is 5.65 Å². The van der Waals surface area contributed by atoms with Crippen LogP contribution >= 0.6 is 43.4 Å². The van der Waals surface area contributed by atoms with E-state index in [2.05, 4.69) is 5.32 Å². The van der Waals surface area contributed by atoms with Gasteiger partial charge in [0.05, 0.1) is 14.3 Å². The zero-order chi connectivity index (χ0) is 10.0. The zero-order valence-electron chi connectivity index (χ0n) is 6.27. The Morgan fingerprint density at radius 2 is 2.23 bits per heavy atom. The van der Waals surface area contributed by atoms with Crippen molar-refractivity contribution in [2.45, 2.75) is 0 Å². The molecule has 1 N–H and O–H groups in total. The van der Waals surface area contributed by atoms with Crippen molar-refractivity contribution < 1.29 is 9.18 Å². The van der Waals surface area contributed by atoms with E-state index < -0.39 is 5.82 Å². The second-order valence-corrected chi connectivity index (χ2v) is 4.22. The lowest BCUT2D eigenvalue weighted by molar-refractivity contribution is 0.269. The van der Waals surface area contributed by atoms with Crippen molar-refractivity contribution in [1.29, 1.82) is 0 Å². The van der Waals surface area contributed by atoms with Crippen LogP contribution in [0.25, 0.3) is 0 Å². The van der Waals surface area contributed by atoms with E-state index in [1.807, 2.05) is 9.24 Å². The maximum Gasteiger partial charge on any atom is 0.239 e. The maximum atomic E-state index is 13.1. The van der Waals surface area contributed by atoms with Gasteiger partial charge in [0.2, 0.25) is 5.65 Å². The van der Waals surface area contributed by atoms with Crippen LogP contribution in [-0.2, 0) is 0 Å². The molecule has 1 aromatic rings. The fourth-order valence-electron chi connectivity index (χ4n) is 0.755. The summed E-state index contributed by atoms with van der Waals surface area (Å²) in [5.74, 6) is -0.515. The molecule has 1 rings (SSSR count). The molecule has 1 atom stereocenters. The van der Waals surface area contributed by atoms with E-state index in [9.17, 15) is 9.18 Å². The van der Waals surface area contributed by atoms with Gasteiger partial charge in [-0.25, -0.2) is 4.39 Å². The van der Waals surface area contributed by atoms with Crippen molar-refractivity contribution in [1.82, 2.24) is 0 Å². The number of benzene rings is 1. The molecular weight excluding hydrogens is 326 g/mol. The number of amides is 1. The average Bonchev–Trinajstić information content (AvgIpc) is 2.06. The third-order valence-corrected chi connectivity index (χ3v) is 2.78. The quantitative estimate of drug-likeness (QED) is 0.476. The largest absolute Gasteiger partial charge is 0.322 e. The first kappa shape index (κ1) is 11.1. The topological polar surface area (TPSA) is 29.1 Å². The summed E-state index contributed by atoms with van der Waals surface area (Å²) < 4.78 is 13.5. The summed E-state index contributed by atoms with van der Waals surface area (Å²) in [7, 11) is 1.95. The van der Waals surface area contributed by atoms with Crippen molar-refractivity contribution in [2.24, 2.45) is 0 Å². The van der Waals surface area contributed by atoms with Crippen LogP contribution in [0.3, 0.4) is 0 Å². The number of nitrogens with one attached hydrogen (secondary N) is 1. The number of halogens is 3. The highest BCUT2D eigenvalue weighted by Crippen LogP contribution is 2.27. The molecule has 0 saturated heterocycles. The van der Waals surface area contributed by atoms with Crippen molar-refractivity contribution in [3.05, 3.63) is 26.5 Å². The Labute approximate surface area is 95.6 Å². The minimum absolute atomic E-state index is 0.0474. The lowest BCUT2D eigenvalue weighted by Crippen LogP contribution is -2.03. The third kappa shape index (κ3) is 2.76. The monoisotopic (exact) mass is 331 g/mol. The molecular formula is C7H5ClFINOP. The van der Waals surface area contributed by atoms with Crippen LogP contribution in [0.5, 0.6) is 0 Å². The van der Waals surface area contributed by atoms with Gasteiger partial charge in [-0.1, -0.05) is 11.6 Å². The number of rotatable bonds is 1. The van der Waals surface area contributed by atoms with Gasteiger partial charge in [-0.3, -0.25) is 4.79 Å². The van der Waals surface area contributed by atoms with Crippen LogP contribution in [0.4, 0.5) is 14.9 Å². The molecule has 0 radical (unpaired) electrons. The highest BCUT2D eigenvalue weighted by atomic mass is 127. The van der Waals surface area contributed by atoms with Gasteiger partial charge in [0.15, 0.2) is 5.82 Å². The Balaban J connectivity index is 3.10. The van der Waals surface area contributed by atoms with Gasteiger partial charge in [-0.15, -0.1) is 0 Å². The van der Waals surface area contributed by atoms with Crippen LogP contribution in [0.15, 0.2) is 12.1 Å². The lowest BCUT2D eigenvalue weighted by atomic mass is 10.3. The fourth-order valence-corrected chi connectivity index (χ4v) is 1.83. The van der Waals surface area contributed by atoms with E-state index in [1.165, 1.54) is 6.07 Å². The second-order valence-electron chi connectivity index (χ2n) is 2.21. The number of carbonyl (C=O) groups is 1. The molecule has 1 unspecified atom stereocenters. The van der Waals surface area contributed by atoms with Gasteiger partial charge in [-0.2, -0.15) is 0 Å². The van der Waals surface area contributed by atoms with E-state index >= 15 is 0 Å². The minimum Gasteiger partial charge on any atom is -0.322 e. The standard InChI is InChI=1S/C7H5ClFINOP/c8-3-1-2-4(11-7(12)13)6(10)5(3)9/h1-2H,13H2,(H,11,12). The lowest BCUT2D eigenvalue weighted by Gasteiger charge is -2.06. The summed E-state index contributed by atoms with van der Waals surface area (Å²) in [6, 6.07) is 2.95. The maximum absolute atomic E-state index is 13.1. The first-order chi connectivity index (χ1) is 6.02. The summed E-state index contributed by atoms with van der Waals surface area (Å²) in [6.45, 7) is 0. The Bertz CT molecular complexity index is 361. The molecule has 0 heterocycles. The highest BCUT2D eigenvalue weighted by molar-refractivity contribution is 14.1. The molecule has 0 aliphatic rings. The fraction of sp³-hybridized carbons (Fsp3) is 0. The van der Waals surface area contributed by atoms with Crippen molar-refractivity contribution in [3.8, 4) is 0 Å². The highest BCUT2D eigenvalue weighted by Gasteiger charge is 2.09. The average molecular weight is 331 g/mol. The van der Waals surface area contributed by atoms with Gasteiger partial charge < -0.3 is 5.32 Å². The molecule has 0 aliphatic heterocycles. The number of hydrogen-bond donors (Lipinski definition) is 1. The molecule has 13 heavy (non-hydrogen) atoms. The van der Waals surface area contributed by atoms with Gasteiger partial charge in [-0.05, 0) is 44.0 Å². The van der Waals surface area contributed by atoms with Gasteiger partial charge in [0.25, 0.3) is 0 Å². The molecule has 0 bridgehead atoms. The molecule has 0 fully saturated rings. The molecule has 6 heteroatoms. The van der Waals surface area contributed by atoms with Crippen LogP contribution in [0, 0.1) is 9.39 Å². The predicted molar refractivity (Wildman–Crippen MR) is 62.9 cm³/mol. The smallest absolute Gasteiger partial charge is 0.239 e. The molecule has 1 amide bonds. The van der Waals surface area contributed by atoms with Crippen molar-refractivity contribution in [3.63, 3.8) is 0 Å². The zero-order valence-corrected chi connectivity index (χ0v) is 10.3. The van der Waals surface area contributed by atoms with Crippen LogP contribution < -0.4 is 5.32 Å². The summed E-state index contributed by atoms with van der Waals surface area (Å²) in [4.78, 5) is 10.7. The van der Waals surface area contributed by atoms with E-state index in [4.69, 9.17) is 11.6 Å². The number of carbonyl (C=O) groups excluding carboxylic acids is 1. The van der Waals surface area contributed by atoms with Crippen LogP contribution in [0.2, 0.25) is 5.02 Å². The molecule has 0 aromatic heterocycles. The van der Waals surface area contributed by atoms with Crippen LogP contribution in [0.1, 0.15) is 0 Å². The van der Waals surface area contributed by atoms with E-state index in [0.29, 0.717) is 9.26 Å². The molecule has 0 spiro atoms. The SMILES string of the molecule is O=C(P)Nc1ccc(Cl)c(F)c1I. The molecule has 2 nitrogen and oxygen atoms in total. The third-order valence-electron chi connectivity index (χ3n) is 1.29. The molecule has 0 saturated carbocycles. The molecule has 1 aromatic carbocycles. The Kier molecular flexibility index (Phi) is 3.88. The van der Waals surface area contributed by atoms with Crippen molar-refractivity contribution in [2.75, 3.05) is 5.32 Å². The Morgan fingerprint density at radius 1 is 1.62 bits per heavy atom. The van der Waals surface area contributed by atoms with Gasteiger partial charge in [0, 0.05) is 0 Å². The Hall–Kier alpha value is 0.0700. The van der Waals surface area contributed by atoms with E-state index in [1.54, 1.807) is 28.7 Å². The van der Waals surface area contributed by atoms with Gasteiger partial charge in [0.1, 0.15) is 0 Å². The molecule has 0 aliphatic carbocycles. The first-order valence-electron chi connectivity index (χ1n) is 3.22. The Morgan fingerprint density at radius 3 is 2.77 bits per heavy atom. The normalized spacial score (nSPS) is 9.85. The summed E-state index contributed by atoms with van der Waals surface area (Å²) >= 11 is 7.31. The van der Waals surface area contributed by atoms with E-state index in [-0.39, 0.29) is 10.7 Å².